The van der Waals surface area contributed by atoms with Crippen molar-refractivity contribution in [3.63, 3.8) is 0 Å². The Morgan fingerprint density at radius 1 is 0.727 bits per heavy atom. The van der Waals surface area contributed by atoms with Crippen LogP contribution in [0.3, 0.4) is 0 Å². The molecule has 66 heavy (non-hydrogen) atoms. The van der Waals surface area contributed by atoms with Crippen LogP contribution in [0.4, 0.5) is 9.59 Å². The monoisotopic (exact) mass is 971 g/mol. The minimum absolute atomic E-state index is 0.00479. The van der Waals surface area contributed by atoms with Crippen LogP contribution in [-0.4, -0.2) is 111 Å². The third-order valence-corrected chi connectivity index (χ3v) is 11.0. The number of methoxy groups -OCH3 is 1. The van der Waals surface area contributed by atoms with Gasteiger partial charge in [-0.2, -0.15) is 0 Å². The molecule has 4 aromatic carbocycles. The van der Waals surface area contributed by atoms with Gasteiger partial charge in [0.05, 0.1) is 46.8 Å². The maximum atomic E-state index is 13.6. The first kappa shape index (κ1) is 49.6. The van der Waals surface area contributed by atoms with Crippen molar-refractivity contribution in [3.05, 3.63) is 156 Å². The number of hydrogen-bond donors (Lipinski definition) is 1. The Labute approximate surface area is 398 Å². The lowest BCUT2D eigenvalue weighted by Gasteiger charge is -2.51. The fourth-order valence-corrected chi connectivity index (χ4v) is 7.81. The van der Waals surface area contributed by atoms with Gasteiger partial charge in [0, 0.05) is 5.56 Å². The predicted molar refractivity (Wildman–Crippen MR) is 240 cm³/mol. The topological polar surface area (TPSA) is 157 Å². The number of ether oxygens (including phenoxy) is 12. The van der Waals surface area contributed by atoms with Crippen molar-refractivity contribution in [2.75, 3.05) is 33.5 Å². The summed E-state index contributed by atoms with van der Waals surface area (Å²) < 4.78 is 73.5. The van der Waals surface area contributed by atoms with Crippen LogP contribution in [0.2, 0.25) is 0 Å². The number of amides is 1. The summed E-state index contributed by atoms with van der Waals surface area (Å²) in [5.74, 6) is 0. The lowest BCUT2D eigenvalue weighted by atomic mass is 9.94. The van der Waals surface area contributed by atoms with Crippen LogP contribution in [0, 0.1) is 0 Å². The van der Waals surface area contributed by atoms with E-state index in [-0.39, 0.29) is 39.6 Å². The molecule has 0 bridgehead atoms. The Morgan fingerprint density at radius 2 is 1.32 bits per heavy atom. The second-order valence-electron chi connectivity index (χ2n) is 15.4. The first-order valence-electron chi connectivity index (χ1n) is 21.3. The molecule has 3 aliphatic heterocycles. The van der Waals surface area contributed by atoms with Gasteiger partial charge in [-0.25, -0.2) is 9.59 Å². The van der Waals surface area contributed by atoms with Crippen molar-refractivity contribution < 1.29 is 66.4 Å². The summed E-state index contributed by atoms with van der Waals surface area (Å²) in [5, 5.41) is 2.78. The molecular weight excluding hydrogens is 921 g/mol. The van der Waals surface area contributed by atoms with Crippen molar-refractivity contribution in [1.82, 2.24) is 5.32 Å². The molecule has 1 N–H and O–H groups in total. The average molecular weight is 973 g/mol. The Morgan fingerprint density at radius 3 is 1.91 bits per heavy atom. The molecule has 0 radical (unpaired) electrons. The van der Waals surface area contributed by atoms with E-state index < -0.39 is 90.3 Å². The standard InChI is InChI=1S/C48H52Cl3NO14/c1-3-24-57-44-37(52-46(53)61-30-48(49,50)51)40(39-36(62-44)29-60-43(64-39)34-22-14-7-15-23-34)65-45-42(66-47(54)55-2)41(59-27-33-20-12-6-13-21-33)38(58-26-32-18-10-5-11-19-32)35(63-45)28-56-25-31-16-8-4-9-17-31/h3-23,35-45H,1,24-30H2,2H3,(H,52,53)/t35-,36-,37-,38+,39-,40-,41+,42-,43?,44+,45+/m1/s1. The molecule has 0 spiro atoms. The Hall–Kier alpha value is -4.33. The van der Waals surface area contributed by atoms with E-state index >= 15 is 0 Å². The van der Waals surface area contributed by atoms with E-state index in [9.17, 15) is 9.59 Å². The van der Waals surface area contributed by atoms with E-state index in [2.05, 4.69) is 11.9 Å². The Kier molecular flexibility index (Phi) is 18.5. The average Bonchev–Trinajstić information content (AvgIpc) is 3.34. The molecule has 1 amide bonds. The summed E-state index contributed by atoms with van der Waals surface area (Å²) in [6, 6.07) is 36.7. The van der Waals surface area contributed by atoms with E-state index in [1.54, 1.807) is 0 Å². The van der Waals surface area contributed by atoms with Crippen LogP contribution in [0.25, 0.3) is 0 Å². The lowest BCUT2D eigenvalue weighted by Crippen LogP contribution is -2.70. The summed E-state index contributed by atoms with van der Waals surface area (Å²) >= 11 is 17.8. The number of rotatable bonds is 19. The first-order chi connectivity index (χ1) is 32.1. The van der Waals surface area contributed by atoms with E-state index in [0.29, 0.717) is 5.56 Å². The van der Waals surface area contributed by atoms with Crippen LogP contribution in [-0.2, 0) is 76.7 Å². The van der Waals surface area contributed by atoms with E-state index in [4.69, 9.17) is 91.6 Å². The van der Waals surface area contributed by atoms with Gasteiger partial charge in [-0.05, 0) is 16.7 Å². The van der Waals surface area contributed by atoms with E-state index in [0.717, 1.165) is 16.7 Å². The summed E-state index contributed by atoms with van der Waals surface area (Å²) in [6.07, 6.45) is -11.5. The number of carbonyl (C=O) groups excluding carboxylic acids is 2. The van der Waals surface area contributed by atoms with Gasteiger partial charge in [0.1, 0.15) is 49.3 Å². The molecule has 3 heterocycles. The summed E-state index contributed by atoms with van der Waals surface area (Å²) in [6.45, 7) is 3.61. The largest absolute Gasteiger partial charge is 0.508 e. The van der Waals surface area contributed by atoms with Crippen LogP contribution in [0.1, 0.15) is 28.5 Å². The molecule has 0 saturated carbocycles. The van der Waals surface area contributed by atoms with Gasteiger partial charge in [0.2, 0.25) is 3.79 Å². The summed E-state index contributed by atoms with van der Waals surface area (Å²) in [4.78, 5) is 26.9. The van der Waals surface area contributed by atoms with Gasteiger partial charge in [0.25, 0.3) is 0 Å². The highest BCUT2D eigenvalue weighted by Gasteiger charge is 2.57. The normalized spacial score (nSPS) is 27.5. The lowest BCUT2D eigenvalue weighted by molar-refractivity contribution is -0.380. The highest BCUT2D eigenvalue weighted by atomic mass is 35.6. The molecule has 3 saturated heterocycles. The van der Waals surface area contributed by atoms with Crippen molar-refractivity contribution in [3.8, 4) is 0 Å². The first-order valence-corrected chi connectivity index (χ1v) is 22.4. The zero-order valence-corrected chi connectivity index (χ0v) is 38.2. The highest BCUT2D eigenvalue weighted by molar-refractivity contribution is 6.67. The molecule has 3 fully saturated rings. The number of carbonyl (C=O) groups is 2. The van der Waals surface area contributed by atoms with E-state index in [1.165, 1.54) is 13.2 Å². The van der Waals surface area contributed by atoms with Crippen LogP contribution >= 0.6 is 34.8 Å². The molecule has 3 aliphatic rings. The van der Waals surface area contributed by atoms with Crippen molar-refractivity contribution in [1.29, 1.82) is 0 Å². The zero-order chi connectivity index (χ0) is 46.3. The molecule has 4 aromatic rings. The number of nitrogens with one attached hydrogen (secondary N) is 1. The number of fused-ring (bicyclic) bond motifs is 1. The fraction of sp³-hybridized carbons (Fsp3) is 0.417. The van der Waals surface area contributed by atoms with Crippen molar-refractivity contribution in [2.24, 2.45) is 0 Å². The maximum absolute atomic E-state index is 13.6. The van der Waals surface area contributed by atoms with Gasteiger partial charge in [-0.3, -0.25) is 0 Å². The molecule has 18 heteroatoms. The second-order valence-corrected chi connectivity index (χ2v) is 17.9. The molecule has 15 nitrogen and oxygen atoms in total. The number of halogens is 3. The fourth-order valence-electron chi connectivity index (χ4n) is 7.65. The highest BCUT2D eigenvalue weighted by Crippen LogP contribution is 2.39. The minimum atomic E-state index is -1.92. The number of alkyl carbamates (subject to hydrolysis) is 1. The number of benzene rings is 4. The van der Waals surface area contributed by atoms with Gasteiger partial charge in [-0.15, -0.1) is 6.58 Å². The molecule has 11 atom stereocenters. The third-order valence-electron chi connectivity index (χ3n) is 10.7. The molecule has 0 aliphatic carbocycles. The number of alkyl halides is 3. The Balaban J connectivity index is 1.29. The van der Waals surface area contributed by atoms with Crippen molar-refractivity contribution in [2.45, 2.75) is 91.3 Å². The van der Waals surface area contributed by atoms with Crippen LogP contribution < -0.4 is 5.32 Å². The summed E-state index contributed by atoms with van der Waals surface area (Å²) in [5.41, 5.74) is 3.32. The van der Waals surface area contributed by atoms with E-state index in [1.807, 2.05) is 121 Å². The maximum Gasteiger partial charge on any atom is 0.508 e. The molecular formula is C48H52Cl3NO14. The molecule has 7 rings (SSSR count). The number of hydrogen-bond acceptors (Lipinski definition) is 14. The van der Waals surface area contributed by atoms with Gasteiger partial charge in [-0.1, -0.05) is 162 Å². The van der Waals surface area contributed by atoms with Crippen molar-refractivity contribution >= 4 is 47.1 Å². The smallest absolute Gasteiger partial charge is 0.445 e. The zero-order valence-electron chi connectivity index (χ0n) is 36.0. The summed E-state index contributed by atoms with van der Waals surface area (Å²) in [7, 11) is 1.18. The SMILES string of the molecule is C=CCO[C@H]1O[C@@H]2COC(c3ccccc3)O[C@H]2[C@H](O[C@@H]2O[C@H](COCc3ccccc3)[C@H](OCc3ccccc3)[C@H](OCc3ccccc3)[C@H]2OC(=O)OC)[C@H]1NC(=O)OCC(Cl)(Cl)Cl. The van der Waals surface area contributed by atoms with Crippen LogP contribution in [0.15, 0.2) is 134 Å². The van der Waals surface area contributed by atoms with Gasteiger partial charge in [0.15, 0.2) is 25.0 Å². The molecule has 0 aromatic heterocycles. The van der Waals surface area contributed by atoms with Gasteiger partial charge < -0.3 is 62.2 Å². The van der Waals surface area contributed by atoms with Gasteiger partial charge >= 0.3 is 12.2 Å². The second kappa shape index (κ2) is 24.6. The quantitative estimate of drug-likeness (QED) is 0.0546. The Bertz CT molecular complexity index is 2090. The van der Waals surface area contributed by atoms with Crippen LogP contribution in [0.5, 0.6) is 0 Å². The predicted octanol–water partition coefficient (Wildman–Crippen LogP) is 8.14. The molecule has 1 unspecified atom stereocenters. The minimum Gasteiger partial charge on any atom is -0.445 e. The third kappa shape index (κ3) is 14.1. The molecule has 354 valence electrons.